The van der Waals surface area contributed by atoms with Crippen LogP contribution in [0.4, 0.5) is 4.39 Å². The van der Waals surface area contributed by atoms with Crippen LogP contribution in [-0.2, 0) is 10.2 Å². The zero-order valence-electron chi connectivity index (χ0n) is 15.6. The Morgan fingerprint density at radius 2 is 2.19 bits per heavy atom. The van der Waals surface area contributed by atoms with Gasteiger partial charge in [0.25, 0.3) is 0 Å². The maximum absolute atomic E-state index is 13.3. The van der Waals surface area contributed by atoms with Crippen LogP contribution in [0.2, 0.25) is 5.02 Å². The molecule has 1 aromatic rings. The van der Waals surface area contributed by atoms with E-state index in [9.17, 15) is 4.39 Å². The van der Waals surface area contributed by atoms with Crippen molar-refractivity contribution in [2.24, 2.45) is 10.4 Å². The van der Waals surface area contributed by atoms with Crippen LogP contribution >= 0.6 is 35.6 Å². The van der Waals surface area contributed by atoms with Gasteiger partial charge in [0.15, 0.2) is 5.96 Å². The predicted octanol–water partition coefficient (Wildman–Crippen LogP) is 4.06. The first-order valence-corrected chi connectivity index (χ1v) is 9.22. The highest BCUT2D eigenvalue weighted by molar-refractivity contribution is 14.0. The molecule has 2 heterocycles. The normalized spacial score (nSPS) is 23.4. The van der Waals surface area contributed by atoms with Crippen molar-refractivity contribution in [2.45, 2.75) is 32.1 Å². The molecular formula is C19H28ClFIN3O. The van der Waals surface area contributed by atoms with Crippen molar-refractivity contribution in [3.8, 4) is 0 Å². The van der Waals surface area contributed by atoms with Crippen molar-refractivity contribution < 1.29 is 9.13 Å². The van der Waals surface area contributed by atoms with Crippen molar-refractivity contribution in [3.05, 3.63) is 34.6 Å². The first-order chi connectivity index (χ1) is 11.9. The molecule has 0 amide bonds. The molecule has 1 spiro atoms. The molecule has 3 rings (SSSR count). The van der Waals surface area contributed by atoms with Crippen LogP contribution in [0, 0.1) is 11.2 Å². The van der Waals surface area contributed by atoms with E-state index < -0.39 is 0 Å². The van der Waals surface area contributed by atoms with E-state index in [0.717, 1.165) is 50.7 Å². The van der Waals surface area contributed by atoms with Crippen LogP contribution in [0.3, 0.4) is 0 Å². The van der Waals surface area contributed by atoms with Crippen LogP contribution in [0.15, 0.2) is 23.2 Å². The van der Waals surface area contributed by atoms with Crippen LogP contribution in [0.5, 0.6) is 0 Å². The number of ether oxygens (including phenoxy) is 1. The molecule has 2 saturated heterocycles. The minimum atomic E-state index is -0.311. The van der Waals surface area contributed by atoms with Gasteiger partial charge < -0.3 is 15.0 Å². The number of aliphatic imine (C=N–C) groups is 1. The third-order valence-electron chi connectivity index (χ3n) is 5.48. The summed E-state index contributed by atoms with van der Waals surface area (Å²) in [5, 5.41) is 3.94. The number of halogens is 3. The number of hydrogen-bond acceptors (Lipinski definition) is 2. The molecule has 0 radical (unpaired) electrons. The zero-order chi connectivity index (χ0) is 18.1. The monoisotopic (exact) mass is 495 g/mol. The van der Waals surface area contributed by atoms with Crippen LogP contribution in [0.1, 0.15) is 32.3 Å². The molecule has 1 N–H and O–H groups in total. The second-order valence-corrected chi connectivity index (χ2v) is 8.29. The Kier molecular flexibility index (Phi) is 7.18. The summed E-state index contributed by atoms with van der Waals surface area (Å²) < 4.78 is 18.9. The molecule has 0 bridgehead atoms. The van der Waals surface area contributed by atoms with E-state index in [4.69, 9.17) is 16.3 Å². The average molecular weight is 496 g/mol. The number of rotatable bonds is 3. The van der Waals surface area contributed by atoms with E-state index in [2.05, 4.69) is 29.1 Å². The van der Waals surface area contributed by atoms with E-state index in [0.29, 0.717) is 17.0 Å². The largest absolute Gasteiger partial charge is 0.381 e. The summed E-state index contributed by atoms with van der Waals surface area (Å²) in [5.41, 5.74) is 0.989. The van der Waals surface area contributed by atoms with Crippen LogP contribution in [0.25, 0.3) is 0 Å². The summed E-state index contributed by atoms with van der Waals surface area (Å²) in [5.74, 6) is 0.601. The van der Waals surface area contributed by atoms with Gasteiger partial charge in [0, 0.05) is 49.1 Å². The maximum atomic E-state index is 13.3. The van der Waals surface area contributed by atoms with E-state index >= 15 is 0 Å². The number of nitrogens with one attached hydrogen (secondary N) is 1. The highest BCUT2D eigenvalue weighted by Crippen LogP contribution is 2.38. The second kappa shape index (κ2) is 8.61. The molecule has 0 saturated carbocycles. The summed E-state index contributed by atoms with van der Waals surface area (Å²) in [7, 11) is 1.82. The highest BCUT2D eigenvalue weighted by Gasteiger charge is 2.42. The van der Waals surface area contributed by atoms with Gasteiger partial charge in [0.1, 0.15) is 5.82 Å². The molecule has 1 aromatic carbocycles. The fourth-order valence-corrected chi connectivity index (χ4v) is 4.28. The van der Waals surface area contributed by atoms with Gasteiger partial charge in [-0.25, -0.2) is 4.39 Å². The van der Waals surface area contributed by atoms with Crippen molar-refractivity contribution in [3.63, 3.8) is 0 Å². The summed E-state index contributed by atoms with van der Waals surface area (Å²) in [4.78, 5) is 6.77. The van der Waals surface area contributed by atoms with Crippen LogP contribution < -0.4 is 5.32 Å². The molecule has 146 valence electrons. The van der Waals surface area contributed by atoms with Gasteiger partial charge in [0.05, 0.1) is 6.61 Å². The fourth-order valence-electron chi connectivity index (χ4n) is 3.85. The van der Waals surface area contributed by atoms with Gasteiger partial charge in [0.2, 0.25) is 0 Å². The summed E-state index contributed by atoms with van der Waals surface area (Å²) >= 11 is 6.25. The maximum Gasteiger partial charge on any atom is 0.193 e. The van der Waals surface area contributed by atoms with Gasteiger partial charge in [-0.15, -0.1) is 24.0 Å². The standard InChI is InChI=1S/C19H27ClFN3O.HI/c1-18(2,15-5-4-14(21)10-16(15)20)11-23-17(22-3)24-8-6-19(12-24)7-9-25-13-19;/h4-5,10H,6-9,11-13H2,1-3H3,(H,22,23);1H. The number of guanidine groups is 1. The van der Waals surface area contributed by atoms with Gasteiger partial charge in [-0.2, -0.15) is 0 Å². The Hall–Kier alpha value is -0.600. The molecule has 26 heavy (non-hydrogen) atoms. The first kappa shape index (κ1) is 21.7. The van der Waals surface area contributed by atoms with E-state index in [1.165, 1.54) is 12.1 Å². The van der Waals surface area contributed by atoms with Gasteiger partial charge in [-0.05, 0) is 30.5 Å². The van der Waals surface area contributed by atoms with Gasteiger partial charge >= 0.3 is 0 Å². The molecule has 0 aliphatic carbocycles. The summed E-state index contributed by atoms with van der Waals surface area (Å²) in [6.07, 6.45) is 2.29. The van der Waals surface area contributed by atoms with Crippen molar-refractivity contribution >= 4 is 41.5 Å². The fraction of sp³-hybridized carbons (Fsp3) is 0.632. The molecule has 2 aliphatic rings. The third-order valence-corrected chi connectivity index (χ3v) is 5.80. The lowest BCUT2D eigenvalue weighted by Crippen LogP contribution is -2.45. The lowest BCUT2D eigenvalue weighted by atomic mass is 9.84. The smallest absolute Gasteiger partial charge is 0.193 e. The SMILES string of the molecule is CN=C(NCC(C)(C)c1ccc(F)cc1Cl)N1CCC2(CCOC2)C1.I. The lowest BCUT2D eigenvalue weighted by Gasteiger charge is -2.30. The predicted molar refractivity (Wildman–Crippen MR) is 115 cm³/mol. The quantitative estimate of drug-likeness (QED) is 0.390. The van der Waals surface area contributed by atoms with E-state index in [1.807, 2.05) is 7.05 Å². The molecule has 1 atom stereocenters. The zero-order valence-corrected chi connectivity index (χ0v) is 18.7. The molecule has 2 fully saturated rings. The Morgan fingerprint density at radius 1 is 1.42 bits per heavy atom. The summed E-state index contributed by atoms with van der Waals surface area (Å²) in [6, 6.07) is 4.60. The summed E-state index contributed by atoms with van der Waals surface area (Å²) in [6.45, 7) is 8.59. The third kappa shape index (κ3) is 4.62. The van der Waals surface area contributed by atoms with E-state index in [-0.39, 0.29) is 35.2 Å². The van der Waals surface area contributed by atoms with Crippen molar-refractivity contribution in [1.29, 1.82) is 0 Å². The van der Waals surface area contributed by atoms with Gasteiger partial charge in [-0.3, -0.25) is 4.99 Å². The number of likely N-dealkylation sites (tertiary alicyclic amines) is 1. The number of benzene rings is 1. The molecular weight excluding hydrogens is 468 g/mol. The Labute approximate surface area is 177 Å². The molecule has 7 heteroatoms. The Morgan fingerprint density at radius 3 is 2.81 bits per heavy atom. The number of nitrogens with zero attached hydrogens (tertiary/aromatic N) is 2. The van der Waals surface area contributed by atoms with Crippen molar-refractivity contribution in [1.82, 2.24) is 10.2 Å². The molecule has 0 aromatic heterocycles. The van der Waals surface area contributed by atoms with Gasteiger partial charge in [-0.1, -0.05) is 31.5 Å². The minimum absolute atomic E-state index is 0. The average Bonchev–Trinajstić information content (AvgIpc) is 3.18. The van der Waals surface area contributed by atoms with Crippen molar-refractivity contribution in [2.75, 3.05) is 39.9 Å². The van der Waals surface area contributed by atoms with E-state index in [1.54, 1.807) is 6.07 Å². The number of hydrogen-bond donors (Lipinski definition) is 1. The molecule has 2 aliphatic heterocycles. The topological polar surface area (TPSA) is 36.9 Å². The minimum Gasteiger partial charge on any atom is -0.381 e. The molecule has 4 nitrogen and oxygen atoms in total. The second-order valence-electron chi connectivity index (χ2n) is 7.88. The van der Waals surface area contributed by atoms with Crippen LogP contribution in [-0.4, -0.2) is 50.8 Å². The Bertz CT molecular complexity index is 662. The lowest BCUT2D eigenvalue weighted by molar-refractivity contribution is 0.156. The first-order valence-electron chi connectivity index (χ1n) is 8.84. The highest BCUT2D eigenvalue weighted by atomic mass is 127. The molecule has 1 unspecified atom stereocenters. The Balaban J connectivity index is 0.00000243.